The highest BCUT2D eigenvalue weighted by atomic mass is 32.1. The molecular weight excluding hydrogens is 164 g/mol. The third-order valence-corrected chi connectivity index (χ3v) is 1.41. The predicted molar refractivity (Wildman–Crippen MR) is 45.3 cm³/mol. The molecule has 1 unspecified atom stereocenters. The summed E-state index contributed by atoms with van der Waals surface area (Å²) in [6.45, 7) is 4.38. The fourth-order valence-corrected chi connectivity index (χ4v) is 0.944. The highest BCUT2D eigenvalue weighted by Crippen LogP contribution is 1.99. The number of thiocarbonyl (C=S) groups is 1. The topological polar surface area (TPSA) is 42.9 Å². The van der Waals surface area contributed by atoms with Gasteiger partial charge in [-0.3, -0.25) is 0 Å². The molecule has 0 radical (unpaired) electrons. The van der Waals surface area contributed by atoms with Gasteiger partial charge in [-0.25, -0.2) is 0 Å². The molecule has 0 bridgehead atoms. The molecule has 0 fully saturated rings. The number of hydrogen-bond acceptors (Lipinski definition) is 4. The quantitative estimate of drug-likeness (QED) is 0.592. The Kier molecular flexibility index (Phi) is 2.64. The second-order valence-electron chi connectivity index (χ2n) is 2.11. The lowest BCUT2D eigenvalue weighted by molar-refractivity contribution is 0.236. The minimum atomic E-state index is 0.0104. The zero-order valence-corrected chi connectivity index (χ0v) is 7.27. The van der Waals surface area contributed by atoms with Crippen molar-refractivity contribution < 1.29 is 9.57 Å². The number of nitrogens with one attached hydrogen (secondary N) is 1. The molecule has 1 rings (SSSR count). The van der Waals surface area contributed by atoms with E-state index < -0.39 is 0 Å². The Morgan fingerprint density at radius 1 is 1.82 bits per heavy atom. The molecular formula is C6H10N2O2S. The summed E-state index contributed by atoms with van der Waals surface area (Å²) in [6.07, 6.45) is 0. The van der Waals surface area contributed by atoms with Crippen molar-refractivity contribution in [3.05, 3.63) is 0 Å². The highest BCUT2D eigenvalue weighted by Gasteiger charge is 2.19. The number of ether oxygens (including phenoxy) is 1. The molecule has 5 heteroatoms. The largest absolute Gasteiger partial charge is 0.477 e. The van der Waals surface area contributed by atoms with Gasteiger partial charge in [-0.1, -0.05) is 0 Å². The van der Waals surface area contributed by atoms with Crippen molar-refractivity contribution in [1.82, 2.24) is 5.32 Å². The Morgan fingerprint density at radius 2 is 2.55 bits per heavy atom. The van der Waals surface area contributed by atoms with Gasteiger partial charge in [0.15, 0.2) is 0 Å². The molecule has 0 amide bonds. The third-order valence-electron chi connectivity index (χ3n) is 1.22. The van der Waals surface area contributed by atoms with E-state index in [1.54, 1.807) is 0 Å². The second kappa shape index (κ2) is 3.52. The zero-order valence-electron chi connectivity index (χ0n) is 6.46. The van der Waals surface area contributed by atoms with Crippen LogP contribution in [0.4, 0.5) is 0 Å². The van der Waals surface area contributed by atoms with Crippen LogP contribution in [0.3, 0.4) is 0 Å². The standard InChI is InChI=1S/C6H10N2O2S/c1-3-9-5-4(2)7-6(11)10-8-5/h4H,3H2,1-2H3,(H,7,11). The maximum absolute atomic E-state index is 5.15. The van der Waals surface area contributed by atoms with E-state index in [9.17, 15) is 0 Å². The van der Waals surface area contributed by atoms with Crippen molar-refractivity contribution in [2.45, 2.75) is 19.9 Å². The van der Waals surface area contributed by atoms with Crippen LogP contribution in [0, 0.1) is 0 Å². The Hall–Kier alpha value is -0.840. The van der Waals surface area contributed by atoms with Crippen molar-refractivity contribution in [2.24, 2.45) is 5.16 Å². The van der Waals surface area contributed by atoms with E-state index in [0.29, 0.717) is 17.7 Å². The fourth-order valence-electron chi connectivity index (χ4n) is 0.730. The smallest absolute Gasteiger partial charge is 0.290 e. The van der Waals surface area contributed by atoms with Crippen LogP contribution in [0.25, 0.3) is 0 Å². The van der Waals surface area contributed by atoms with Crippen LogP contribution in [0.5, 0.6) is 0 Å². The molecule has 1 N–H and O–H groups in total. The third kappa shape index (κ3) is 2.04. The minimum absolute atomic E-state index is 0.0104. The van der Waals surface area contributed by atoms with Gasteiger partial charge in [0, 0.05) is 0 Å². The molecule has 1 heterocycles. The van der Waals surface area contributed by atoms with E-state index in [4.69, 9.17) is 21.8 Å². The van der Waals surface area contributed by atoms with E-state index >= 15 is 0 Å². The van der Waals surface area contributed by atoms with Crippen LogP contribution in [0.1, 0.15) is 13.8 Å². The lowest BCUT2D eigenvalue weighted by Crippen LogP contribution is -2.43. The van der Waals surface area contributed by atoms with E-state index in [2.05, 4.69) is 10.5 Å². The monoisotopic (exact) mass is 174 g/mol. The lowest BCUT2D eigenvalue weighted by Gasteiger charge is -2.20. The molecule has 1 aliphatic heterocycles. The molecule has 4 nitrogen and oxygen atoms in total. The summed E-state index contributed by atoms with van der Waals surface area (Å²) in [6, 6.07) is 0.0104. The fraction of sp³-hybridized carbons (Fsp3) is 0.667. The maximum atomic E-state index is 5.15. The zero-order chi connectivity index (χ0) is 8.27. The molecule has 0 spiro atoms. The van der Waals surface area contributed by atoms with Gasteiger partial charge in [0.2, 0.25) is 5.90 Å². The molecule has 0 saturated heterocycles. The van der Waals surface area contributed by atoms with Gasteiger partial charge >= 0.3 is 0 Å². The summed E-state index contributed by atoms with van der Waals surface area (Å²) >= 11 is 4.72. The molecule has 0 aromatic heterocycles. The SMILES string of the molecule is CCOC1=NOC(=S)NC1C. The summed E-state index contributed by atoms with van der Waals surface area (Å²) in [7, 11) is 0. The van der Waals surface area contributed by atoms with Crippen LogP contribution in [-0.4, -0.2) is 23.7 Å². The lowest BCUT2D eigenvalue weighted by atomic mass is 10.3. The summed E-state index contributed by atoms with van der Waals surface area (Å²) in [5.41, 5.74) is 0. The highest BCUT2D eigenvalue weighted by molar-refractivity contribution is 7.80. The number of hydrogen-bond donors (Lipinski definition) is 1. The van der Waals surface area contributed by atoms with Crippen LogP contribution >= 0.6 is 12.2 Å². The van der Waals surface area contributed by atoms with Gasteiger partial charge in [-0.15, -0.1) is 0 Å². The van der Waals surface area contributed by atoms with Gasteiger partial charge in [-0.05, 0) is 31.2 Å². The Balaban J connectivity index is 2.57. The van der Waals surface area contributed by atoms with Crippen molar-refractivity contribution in [3.8, 4) is 0 Å². The van der Waals surface area contributed by atoms with Crippen molar-refractivity contribution in [1.29, 1.82) is 0 Å². The van der Waals surface area contributed by atoms with E-state index in [0.717, 1.165) is 0 Å². The Morgan fingerprint density at radius 3 is 3.09 bits per heavy atom. The molecule has 62 valence electrons. The summed E-state index contributed by atoms with van der Waals surface area (Å²) in [4.78, 5) is 4.70. The summed E-state index contributed by atoms with van der Waals surface area (Å²) < 4.78 is 5.15. The minimum Gasteiger partial charge on any atom is -0.477 e. The average molecular weight is 174 g/mol. The van der Waals surface area contributed by atoms with Crippen LogP contribution in [-0.2, 0) is 9.57 Å². The summed E-state index contributed by atoms with van der Waals surface area (Å²) in [5, 5.41) is 6.83. The predicted octanol–water partition coefficient (Wildman–Crippen LogP) is 0.630. The van der Waals surface area contributed by atoms with Crippen molar-refractivity contribution >= 4 is 23.3 Å². The van der Waals surface area contributed by atoms with Gasteiger partial charge in [0.05, 0.1) is 6.61 Å². The van der Waals surface area contributed by atoms with E-state index in [1.165, 1.54) is 0 Å². The number of nitrogens with zero attached hydrogens (tertiary/aromatic N) is 1. The molecule has 11 heavy (non-hydrogen) atoms. The first-order chi connectivity index (χ1) is 5.24. The van der Waals surface area contributed by atoms with Crippen LogP contribution < -0.4 is 5.32 Å². The Bertz CT molecular complexity index is 193. The van der Waals surface area contributed by atoms with E-state index in [-0.39, 0.29) is 6.04 Å². The molecule has 1 aliphatic rings. The van der Waals surface area contributed by atoms with Gasteiger partial charge in [0.1, 0.15) is 6.04 Å². The van der Waals surface area contributed by atoms with Gasteiger partial charge in [0.25, 0.3) is 5.17 Å². The van der Waals surface area contributed by atoms with Crippen molar-refractivity contribution in [3.63, 3.8) is 0 Å². The molecule has 1 atom stereocenters. The molecule has 0 aliphatic carbocycles. The molecule has 0 aromatic rings. The van der Waals surface area contributed by atoms with Crippen LogP contribution in [0.2, 0.25) is 0 Å². The van der Waals surface area contributed by atoms with E-state index in [1.807, 2.05) is 13.8 Å². The van der Waals surface area contributed by atoms with Gasteiger partial charge in [-0.2, -0.15) is 0 Å². The molecule has 0 saturated carbocycles. The van der Waals surface area contributed by atoms with Crippen molar-refractivity contribution in [2.75, 3.05) is 6.61 Å². The summed E-state index contributed by atoms with van der Waals surface area (Å²) in [5.74, 6) is 0.543. The molecule has 0 aromatic carbocycles. The van der Waals surface area contributed by atoms with Crippen LogP contribution in [0.15, 0.2) is 5.16 Å². The Labute approximate surface area is 70.5 Å². The second-order valence-corrected chi connectivity index (χ2v) is 2.48. The number of rotatable bonds is 1. The first-order valence-corrected chi connectivity index (χ1v) is 3.83. The average Bonchev–Trinajstić information content (AvgIpc) is 1.95. The van der Waals surface area contributed by atoms with Gasteiger partial charge < -0.3 is 14.9 Å². The first kappa shape index (κ1) is 8.26. The number of oxime groups is 1. The normalized spacial score (nSPS) is 23.3. The first-order valence-electron chi connectivity index (χ1n) is 3.42. The maximum Gasteiger partial charge on any atom is 0.290 e.